The Labute approximate surface area is 168 Å². The van der Waals surface area contributed by atoms with E-state index in [1.54, 1.807) is 12.1 Å². The second-order valence-electron chi connectivity index (χ2n) is 7.94. The van der Waals surface area contributed by atoms with Crippen LogP contribution in [0, 0.1) is 0 Å². The number of imide groups is 1. The fourth-order valence-electron chi connectivity index (χ4n) is 4.58. The second-order valence-corrected chi connectivity index (χ2v) is 7.94. The number of hydrogen-bond acceptors (Lipinski definition) is 5. The minimum Gasteiger partial charge on any atom is -0.312 e. The van der Waals surface area contributed by atoms with E-state index in [1.165, 1.54) is 11.0 Å². The monoisotopic (exact) mass is 393 g/mol. The summed E-state index contributed by atoms with van der Waals surface area (Å²) in [6, 6.07) is 4.69. The molecule has 2 aliphatic heterocycles. The van der Waals surface area contributed by atoms with Gasteiger partial charge < -0.3 is 10.6 Å². The number of nitrogens with one attached hydrogen (secondary N) is 3. The van der Waals surface area contributed by atoms with Crippen molar-refractivity contribution < 1.29 is 14.4 Å². The van der Waals surface area contributed by atoms with Crippen molar-refractivity contribution in [1.82, 2.24) is 20.4 Å². The lowest BCUT2D eigenvalue weighted by atomic mass is 9.94. The Hall–Kier alpha value is -3.00. The van der Waals surface area contributed by atoms with E-state index >= 15 is 0 Å². The normalized spacial score (nSPS) is 19.2. The first kappa shape index (κ1) is 18.1. The summed E-state index contributed by atoms with van der Waals surface area (Å²) < 4.78 is 0. The summed E-state index contributed by atoms with van der Waals surface area (Å²) in [6.07, 6.45) is 5.78. The standard InChI is InChI=1S/C21H23N5O3/c27-19(23-18-16-11-22-9-8-17(16)24-25-18)12-6-7-14-15(10-12)21(29)26(20(14)28)13-4-2-1-3-5-13/h6-7,10,13,22H,1-5,8-9,11H2,(H2,23,24,25,27). The Morgan fingerprint density at radius 1 is 1.10 bits per heavy atom. The van der Waals surface area contributed by atoms with E-state index in [0.717, 1.165) is 56.3 Å². The zero-order valence-electron chi connectivity index (χ0n) is 16.1. The maximum absolute atomic E-state index is 12.9. The lowest BCUT2D eigenvalue weighted by Crippen LogP contribution is -2.40. The smallest absolute Gasteiger partial charge is 0.261 e. The summed E-state index contributed by atoms with van der Waals surface area (Å²) in [5.41, 5.74) is 3.03. The number of H-pyrrole nitrogens is 1. The number of rotatable bonds is 3. The van der Waals surface area contributed by atoms with Crippen molar-refractivity contribution in [3.05, 3.63) is 46.1 Å². The number of fused-ring (bicyclic) bond motifs is 2. The van der Waals surface area contributed by atoms with E-state index < -0.39 is 0 Å². The molecule has 0 spiro atoms. The van der Waals surface area contributed by atoms with Gasteiger partial charge in [0.25, 0.3) is 17.7 Å². The fraction of sp³-hybridized carbons (Fsp3) is 0.429. The summed E-state index contributed by atoms with van der Waals surface area (Å²) in [4.78, 5) is 39.9. The third kappa shape index (κ3) is 3.04. The molecule has 1 aromatic carbocycles. The fourth-order valence-corrected chi connectivity index (χ4v) is 4.58. The third-order valence-corrected chi connectivity index (χ3v) is 6.16. The summed E-state index contributed by atoms with van der Waals surface area (Å²) in [7, 11) is 0. The van der Waals surface area contributed by atoms with Crippen LogP contribution in [0.3, 0.4) is 0 Å². The molecule has 0 saturated heterocycles. The SMILES string of the molecule is O=C(Nc1n[nH]c2c1CNCC2)c1ccc2c(c1)C(=O)N(C1CCCCC1)C2=O. The molecule has 29 heavy (non-hydrogen) atoms. The largest absolute Gasteiger partial charge is 0.312 e. The first-order valence-corrected chi connectivity index (χ1v) is 10.2. The maximum atomic E-state index is 12.9. The van der Waals surface area contributed by atoms with Gasteiger partial charge in [0.1, 0.15) is 0 Å². The van der Waals surface area contributed by atoms with Gasteiger partial charge in [0.15, 0.2) is 5.82 Å². The minimum absolute atomic E-state index is 0.0310. The molecule has 8 heteroatoms. The van der Waals surface area contributed by atoms with Crippen molar-refractivity contribution in [1.29, 1.82) is 0 Å². The van der Waals surface area contributed by atoms with Crippen molar-refractivity contribution in [2.75, 3.05) is 11.9 Å². The van der Waals surface area contributed by atoms with E-state index in [9.17, 15) is 14.4 Å². The van der Waals surface area contributed by atoms with E-state index in [2.05, 4.69) is 20.8 Å². The Morgan fingerprint density at radius 3 is 2.72 bits per heavy atom. The van der Waals surface area contributed by atoms with Crippen LogP contribution in [0.15, 0.2) is 18.2 Å². The van der Waals surface area contributed by atoms with Crippen molar-refractivity contribution >= 4 is 23.5 Å². The zero-order chi connectivity index (χ0) is 20.0. The Morgan fingerprint density at radius 2 is 1.90 bits per heavy atom. The maximum Gasteiger partial charge on any atom is 0.261 e. The van der Waals surface area contributed by atoms with Crippen LogP contribution in [0.4, 0.5) is 5.82 Å². The quantitative estimate of drug-likeness (QED) is 0.693. The number of amides is 3. The van der Waals surface area contributed by atoms with Gasteiger partial charge in [0.05, 0.1) is 11.1 Å². The molecule has 2 aromatic rings. The molecule has 150 valence electrons. The van der Waals surface area contributed by atoms with Gasteiger partial charge in [-0.1, -0.05) is 19.3 Å². The van der Waals surface area contributed by atoms with E-state index in [-0.39, 0.29) is 23.8 Å². The number of aromatic amines is 1. The first-order valence-electron chi connectivity index (χ1n) is 10.2. The highest BCUT2D eigenvalue weighted by Crippen LogP contribution is 2.31. The summed E-state index contributed by atoms with van der Waals surface area (Å²) in [5, 5.41) is 13.3. The van der Waals surface area contributed by atoms with Crippen molar-refractivity contribution in [2.45, 2.75) is 51.1 Å². The Kier molecular flexibility index (Phi) is 4.43. The van der Waals surface area contributed by atoms with Crippen LogP contribution in [0.2, 0.25) is 0 Å². The average Bonchev–Trinajstić information content (AvgIpc) is 3.27. The Bertz CT molecular complexity index is 1010. The molecule has 1 aliphatic carbocycles. The Balaban J connectivity index is 1.38. The highest BCUT2D eigenvalue weighted by molar-refractivity contribution is 6.22. The predicted octanol–water partition coefficient (Wildman–Crippen LogP) is 2.24. The van der Waals surface area contributed by atoms with Gasteiger partial charge in [-0.2, -0.15) is 5.10 Å². The molecule has 3 amide bonds. The first-order chi connectivity index (χ1) is 14.1. The lowest BCUT2D eigenvalue weighted by Gasteiger charge is -2.29. The molecule has 1 fully saturated rings. The van der Waals surface area contributed by atoms with Crippen LogP contribution < -0.4 is 10.6 Å². The number of aromatic nitrogens is 2. The van der Waals surface area contributed by atoms with Gasteiger partial charge in [-0.25, -0.2) is 0 Å². The molecule has 1 aromatic heterocycles. The van der Waals surface area contributed by atoms with Crippen molar-refractivity contribution in [3.8, 4) is 0 Å². The van der Waals surface area contributed by atoms with Crippen molar-refractivity contribution in [2.24, 2.45) is 0 Å². The minimum atomic E-state index is -0.343. The number of hydrogen-bond donors (Lipinski definition) is 3. The van der Waals surface area contributed by atoms with Crippen LogP contribution in [0.1, 0.15) is 74.4 Å². The summed E-state index contributed by atoms with van der Waals surface area (Å²) >= 11 is 0. The van der Waals surface area contributed by atoms with Gasteiger partial charge in [-0.05, 0) is 31.0 Å². The highest BCUT2D eigenvalue weighted by Gasteiger charge is 2.40. The number of nitrogens with zero attached hydrogens (tertiary/aromatic N) is 2. The molecule has 1 saturated carbocycles. The number of carbonyl (C=O) groups is 3. The molecule has 0 unspecified atom stereocenters. The van der Waals surface area contributed by atoms with Gasteiger partial charge in [0, 0.05) is 42.4 Å². The van der Waals surface area contributed by atoms with Gasteiger partial charge in [-0.3, -0.25) is 24.4 Å². The number of anilines is 1. The molecular formula is C21H23N5O3. The van der Waals surface area contributed by atoms with Gasteiger partial charge in [-0.15, -0.1) is 0 Å². The third-order valence-electron chi connectivity index (χ3n) is 6.16. The molecule has 0 radical (unpaired) electrons. The van der Waals surface area contributed by atoms with E-state index in [0.29, 0.717) is 29.1 Å². The lowest BCUT2D eigenvalue weighted by molar-refractivity contribution is 0.0549. The molecule has 0 bridgehead atoms. The molecular weight excluding hydrogens is 370 g/mol. The summed E-state index contributed by atoms with van der Waals surface area (Å²) in [5.74, 6) is -0.364. The van der Waals surface area contributed by atoms with Crippen LogP contribution in [0.5, 0.6) is 0 Å². The number of carbonyl (C=O) groups excluding carboxylic acids is 3. The van der Waals surface area contributed by atoms with E-state index in [4.69, 9.17) is 0 Å². The highest BCUT2D eigenvalue weighted by atomic mass is 16.2. The molecule has 3 aliphatic rings. The predicted molar refractivity (Wildman–Crippen MR) is 106 cm³/mol. The molecule has 8 nitrogen and oxygen atoms in total. The van der Waals surface area contributed by atoms with Gasteiger partial charge >= 0.3 is 0 Å². The molecule has 3 N–H and O–H groups in total. The van der Waals surface area contributed by atoms with Crippen LogP contribution in [0.25, 0.3) is 0 Å². The van der Waals surface area contributed by atoms with Crippen LogP contribution in [-0.2, 0) is 13.0 Å². The van der Waals surface area contributed by atoms with Gasteiger partial charge in [0.2, 0.25) is 0 Å². The average molecular weight is 393 g/mol. The van der Waals surface area contributed by atoms with Crippen molar-refractivity contribution in [3.63, 3.8) is 0 Å². The topological polar surface area (TPSA) is 107 Å². The second kappa shape index (κ2) is 7.11. The van der Waals surface area contributed by atoms with Crippen LogP contribution in [-0.4, -0.2) is 45.4 Å². The van der Waals surface area contributed by atoms with E-state index in [1.807, 2.05) is 0 Å². The molecule has 3 heterocycles. The molecule has 0 atom stereocenters. The number of benzene rings is 1. The molecule has 5 rings (SSSR count). The zero-order valence-corrected chi connectivity index (χ0v) is 16.1. The van der Waals surface area contributed by atoms with Crippen LogP contribution >= 0.6 is 0 Å². The summed E-state index contributed by atoms with van der Waals surface area (Å²) in [6.45, 7) is 1.52.